The summed E-state index contributed by atoms with van der Waals surface area (Å²) in [6, 6.07) is 7.01. The topological polar surface area (TPSA) is 98.2 Å². The van der Waals surface area contributed by atoms with Crippen LogP contribution in [0.15, 0.2) is 24.3 Å². The third-order valence-electron chi connectivity index (χ3n) is 3.40. The van der Waals surface area contributed by atoms with Crippen molar-refractivity contribution in [3.8, 4) is 0 Å². The van der Waals surface area contributed by atoms with Crippen molar-refractivity contribution in [1.82, 2.24) is 9.78 Å². The van der Waals surface area contributed by atoms with E-state index in [1.165, 1.54) is 0 Å². The maximum Gasteiger partial charge on any atom is 0.307 e. The summed E-state index contributed by atoms with van der Waals surface area (Å²) in [6.07, 6.45) is -0.0427. The van der Waals surface area contributed by atoms with Crippen molar-refractivity contribution in [1.29, 1.82) is 0 Å². The lowest BCUT2D eigenvalue weighted by atomic mass is 10.1. The van der Waals surface area contributed by atoms with Gasteiger partial charge in [-0.25, -0.2) is 0 Å². The van der Waals surface area contributed by atoms with E-state index in [0.717, 1.165) is 16.8 Å². The monoisotopic (exact) mass is 287 g/mol. The number of amides is 1. The van der Waals surface area contributed by atoms with Crippen LogP contribution in [0.1, 0.15) is 32.9 Å². The Morgan fingerprint density at radius 1 is 1.33 bits per heavy atom. The second kappa shape index (κ2) is 5.78. The van der Waals surface area contributed by atoms with Crippen LogP contribution in [0.5, 0.6) is 0 Å². The Morgan fingerprint density at radius 3 is 2.67 bits per heavy atom. The molecule has 2 rings (SSSR count). The van der Waals surface area contributed by atoms with Crippen LogP contribution >= 0.6 is 0 Å². The molecule has 0 radical (unpaired) electrons. The molecular formula is C15H17N3O3. The largest absolute Gasteiger partial charge is 0.481 e. The minimum absolute atomic E-state index is 0.0427. The Labute approximate surface area is 122 Å². The van der Waals surface area contributed by atoms with E-state index in [0.29, 0.717) is 17.8 Å². The normalized spacial score (nSPS) is 10.6. The average Bonchev–Trinajstić information content (AvgIpc) is 2.66. The fraction of sp³-hybridized carbons (Fsp3) is 0.267. The van der Waals surface area contributed by atoms with Gasteiger partial charge in [-0.1, -0.05) is 12.1 Å². The van der Waals surface area contributed by atoms with E-state index in [-0.39, 0.29) is 6.42 Å². The number of benzene rings is 1. The number of aliphatic carboxylic acids is 1. The molecule has 0 spiro atoms. The summed E-state index contributed by atoms with van der Waals surface area (Å²) in [5, 5.41) is 13.3. The minimum atomic E-state index is -0.878. The van der Waals surface area contributed by atoms with Crippen LogP contribution in [-0.4, -0.2) is 26.8 Å². The van der Waals surface area contributed by atoms with Crippen molar-refractivity contribution in [3.05, 3.63) is 52.3 Å². The number of carbonyl (C=O) groups excluding carboxylic acids is 1. The van der Waals surface area contributed by atoms with Crippen LogP contribution in [0.2, 0.25) is 0 Å². The molecule has 0 fully saturated rings. The number of nitrogens with two attached hydrogens (primary N) is 1. The van der Waals surface area contributed by atoms with Gasteiger partial charge in [0.25, 0.3) is 0 Å². The van der Waals surface area contributed by atoms with Gasteiger partial charge in [0.15, 0.2) is 0 Å². The van der Waals surface area contributed by atoms with Crippen LogP contribution in [-0.2, 0) is 17.8 Å². The number of rotatable bonds is 5. The van der Waals surface area contributed by atoms with Crippen LogP contribution in [0.4, 0.5) is 0 Å². The molecule has 1 heterocycles. The molecule has 0 aliphatic heterocycles. The lowest BCUT2D eigenvalue weighted by Crippen LogP contribution is -2.12. The number of primary amides is 1. The summed E-state index contributed by atoms with van der Waals surface area (Å²) in [6.45, 7) is 4.10. The number of hydrogen-bond acceptors (Lipinski definition) is 3. The zero-order valence-corrected chi connectivity index (χ0v) is 12.0. The summed E-state index contributed by atoms with van der Waals surface area (Å²) in [5.41, 5.74) is 8.85. The Hall–Kier alpha value is -2.63. The van der Waals surface area contributed by atoms with Crippen LogP contribution in [0.3, 0.4) is 0 Å². The van der Waals surface area contributed by atoms with Gasteiger partial charge in [-0.05, 0) is 31.5 Å². The molecule has 0 saturated heterocycles. The van der Waals surface area contributed by atoms with Crippen molar-refractivity contribution in [2.45, 2.75) is 26.8 Å². The number of aryl methyl sites for hydroxylation is 1. The quantitative estimate of drug-likeness (QED) is 0.865. The number of aromatic nitrogens is 2. The second-order valence-electron chi connectivity index (χ2n) is 4.94. The third-order valence-corrected chi connectivity index (χ3v) is 3.40. The van der Waals surface area contributed by atoms with Gasteiger partial charge < -0.3 is 10.8 Å². The zero-order chi connectivity index (χ0) is 15.6. The highest BCUT2D eigenvalue weighted by atomic mass is 16.4. The van der Waals surface area contributed by atoms with Gasteiger partial charge in [-0.15, -0.1) is 0 Å². The third kappa shape index (κ3) is 3.28. The molecule has 0 aliphatic carbocycles. The Kier molecular flexibility index (Phi) is 4.07. The van der Waals surface area contributed by atoms with E-state index in [2.05, 4.69) is 5.10 Å². The van der Waals surface area contributed by atoms with Crippen molar-refractivity contribution >= 4 is 11.9 Å². The highest BCUT2D eigenvalue weighted by Gasteiger charge is 2.14. The molecule has 0 aliphatic rings. The highest BCUT2D eigenvalue weighted by Crippen LogP contribution is 2.16. The van der Waals surface area contributed by atoms with Crippen molar-refractivity contribution in [3.63, 3.8) is 0 Å². The molecule has 3 N–H and O–H groups in total. The average molecular weight is 287 g/mol. The van der Waals surface area contributed by atoms with E-state index in [4.69, 9.17) is 10.8 Å². The molecule has 1 aromatic heterocycles. The molecule has 6 nitrogen and oxygen atoms in total. The number of carbonyl (C=O) groups is 2. The van der Waals surface area contributed by atoms with E-state index in [9.17, 15) is 9.59 Å². The van der Waals surface area contributed by atoms with Crippen LogP contribution < -0.4 is 5.73 Å². The Balaban J connectivity index is 2.30. The lowest BCUT2D eigenvalue weighted by molar-refractivity contribution is -0.136. The van der Waals surface area contributed by atoms with E-state index in [1.807, 2.05) is 13.0 Å². The molecule has 110 valence electrons. The Bertz CT molecular complexity index is 704. The standard InChI is InChI=1S/C15H17N3O3/c1-9-13(7-14(19)20)10(2)18(17-9)8-11-4-3-5-12(6-11)15(16)21/h3-6H,7-8H2,1-2H3,(H2,16,21)(H,19,20). The number of hydrogen-bond donors (Lipinski definition) is 2. The molecule has 1 amide bonds. The van der Waals surface area contributed by atoms with E-state index in [1.54, 1.807) is 29.8 Å². The van der Waals surface area contributed by atoms with Crippen molar-refractivity contribution in [2.24, 2.45) is 5.73 Å². The zero-order valence-electron chi connectivity index (χ0n) is 12.0. The smallest absolute Gasteiger partial charge is 0.307 e. The molecule has 0 bridgehead atoms. The van der Waals surface area contributed by atoms with E-state index >= 15 is 0 Å². The van der Waals surface area contributed by atoms with Gasteiger partial charge in [0.05, 0.1) is 18.7 Å². The predicted octanol–water partition coefficient (Wildman–Crippen LogP) is 1.27. The first kappa shape index (κ1) is 14.8. The van der Waals surface area contributed by atoms with Crippen molar-refractivity contribution in [2.75, 3.05) is 0 Å². The fourth-order valence-electron chi connectivity index (χ4n) is 2.29. The highest BCUT2D eigenvalue weighted by molar-refractivity contribution is 5.92. The number of carboxylic acids is 1. The molecular weight excluding hydrogens is 270 g/mol. The molecule has 0 atom stereocenters. The summed E-state index contributed by atoms with van der Waals surface area (Å²) in [4.78, 5) is 22.1. The molecule has 21 heavy (non-hydrogen) atoms. The van der Waals surface area contributed by atoms with Gasteiger partial charge in [0, 0.05) is 16.8 Å². The first-order valence-corrected chi connectivity index (χ1v) is 6.52. The predicted molar refractivity (Wildman–Crippen MR) is 77.1 cm³/mol. The summed E-state index contributed by atoms with van der Waals surface area (Å²) >= 11 is 0. The maximum absolute atomic E-state index is 11.2. The van der Waals surface area contributed by atoms with Crippen molar-refractivity contribution < 1.29 is 14.7 Å². The summed E-state index contributed by atoms with van der Waals surface area (Å²) < 4.78 is 1.74. The second-order valence-corrected chi connectivity index (χ2v) is 4.94. The summed E-state index contributed by atoms with van der Waals surface area (Å²) in [5.74, 6) is -1.35. The lowest BCUT2D eigenvalue weighted by Gasteiger charge is -2.06. The molecule has 1 aromatic carbocycles. The molecule has 6 heteroatoms. The van der Waals surface area contributed by atoms with Crippen LogP contribution in [0, 0.1) is 13.8 Å². The van der Waals surface area contributed by atoms with Gasteiger partial charge in [-0.3, -0.25) is 14.3 Å². The maximum atomic E-state index is 11.2. The molecule has 2 aromatic rings. The first-order valence-electron chi connectivity index (χ1n) is 6.52. The number of nitrogens with zero attached hydrogens (tertiary/aromatic N) is 2. The summed E-state index contributed by atoms with van der Waals surface area (Å²) in [7, 11) is 0. The van der Waals surface area contributed by atoms with Gasteiger partial charge >= 0.3 is 5.97 Å². The van der Waals surface area contributed by atoms with Gasteiger partial charge in [0.1, 0.15) is 0 Å². The Morgan fingerprint density at radius 2 is 2.05 bits per heavy atom. The fourth-order valence-corrected chi connectivity index (χ4v) is 2.29. The van der Waals surface area contributed by atoms with Gasteiger partial charge in [0.2, 0.25) is 5.91 Å². The van der Waals surface area contributed by atoms with E-state index < -0.39 is 11.9 Å². The van der Waals surface area contributed by atoms with Crippen LogP contribution in [0.25, 0.3) is 0 Å². The number of carboxylic acid groups (broad SMARTS) is 1. The molecule has 0 unspecified atom stereocenters. The SMILES string of the molecule is Cc1nn(Cc2cccc(C(N)=O)c2)c(C)c1CC(=O)O. The van der Waals surface area contributed by atoms with Gasteiger partial charge in [-0.2, -0.15) is 5.10 Å². The first-order chi connectivity index (χ1) is 9.88. The molecule has 0 saturated carbocycles. The minimum Gasteiger partial charge on any atom is -0.481 e.